The van der Waals surface area contributed by atoms with Crippen LogP contribution in [0, 0.1) is 23.7 Å². The number of carboxylic acids is 1. The number of hydrogen-bond acceptors (Lipinski definition) is 10. The summed E-state index contributed by atoms with van der Waals surface area (Å²) in [6.45, 7) is 5.94. The molecule has 0 aromatic heterocycles. The van der Waals surface area contributed by atoms with Crippen molar-refractivity contribution in [2.45, 2.75) is 101 Å². The summed E-state index contributed by atoms with van der Waals surface area (Å²) < 4.78 is 23.7. The third-order valence-electron chi connectivity index (χ3n) is 8.18. The van der Waals surface area contributed by atoms with Gasteiger partial charge in [-0.1, -0.05) is 13.8 Å². The van der Waals surface area contributed by atoms with Crippen LogP contribution in [0.5, 0.6) is 0 Å². The van der Waals surface area contributed by atoms with Crippen molar-refractivity contribution in [3.63, 3.8) is 0 Å². The summed E-state index contributed by atoms with van der Waals surface area (Å²) in [5.41, 5.74) is -0.793. The highest BCUT2D eigenvalue weighted by Gasteiger charge is 2.69. The molecule has 4 N–H and O–H groups in total. The van der Waals surface area contributed by atoms with Crippen molar-refractivity contribution in [2.75, 3.05) is 0 Å². The Balaban J connectivity index is 1.41. The molecule has 2 bridgehead atoms. The third kappa shape index (κ3) is 3.25. The maximum absolute atomic E-state index is 11.4. The quantitative estimate of drug-likeness (QED) is 0.424. The SMILES string of the molecule is C[C@H]1[C@@H](O[C@@H]2O[C@H](C(=O)O)[C@@H](O)[C@H](O)[C@H]2O)O[C@@H]2O[C@]3(C)CC[C@H]4[C@H](C)CC[C@@H]1[C@@]24OO3. The first-order valence-corrected chi connectivity index (χ1v) is 11.4. The maximum Gasteiger partial charge on any atom is 0.335 e. The highest BCUT2D eigenvalue weighted by Crippen LogP contribution is 2.60. The second kappa shape index (κ2) is 7.82. The normalized spacial score (nSPS) is 57.5. The molecule has 32 heavy (non-hydrogen) atoms. The minimum absolute atomic E-state index is 0.0402. The smallest absolute Gasteiger partial charge is 0.335 e. The van der Waals surface area contributed by atoms with Gasteiger partial charge in [-0.3, -0.25) is 0 Å². The van der Waals surface area contributed by atoms with Gasteiger partial charge in [0.25, 0.3) is 0 Å². The lowest BCUT2D eigenvalue weighted by molar-refractivity contribution is -0.579. The summed E-state index contributed by atoms with van der Waals surface area (Å²) in [7, 11) is 0. The fourth-order valence-electron chi connectivity index (χ4n) is 6.32. The molecule has 1 spiro atoms. The summed E-state index contributed by atoms with van der Waals surface area (Å²) >= 11 is 0. The average molecular weight is 460 g/mol. The van der Waals surface area contributed by atoms with Crippen molar-refractivity contribution in [3.8, 4) is 0 Å². The largest absolute Gasteiger partial charge is 0.479 e. The molecule has 0 radical (unpaired) electrons. The van der Waals surface area contributed by atoms with Crippen molar-refractivity contribution in [2.24, 2.45) is 23.7 Å². The highest BCUT2D eigenvalue weighted by molar-refractivity contribution is 5.73. The van der Waals surface area contributed by atoms with Crippen LogP contribution in [0.1, 0.15) is 46.5 Å². The molecule has 1 saturated carbocycles. The fourth-order valence-corrected chi connectivity index (χ4v) is 6.32. The molecule has 13 atom stereocenters. The van der Waals surface area contributed by atoms with Gasteiger partial charge in [0.15, 0.2) is 30.6 Å². The minimum Gasteiger partial charge on any atom is -0.479 e. The van der Waals surface area contributed by atoms with Gasteiger partial charge in [0.2, 0.25) is 5.79 Å². The molecule has 0 amide bonds. The molecule has 11 nitrogen and oxygen atoms in total. The Morgan fingerprint density at radius 3 is 2.41 bits per heavy atom. The van der Waals surface area contributed by atoms with Crippen LogP contribution in [0.25, 0.3) is 0 Å². The predicted octanol–water partition coefficient (Wildman–Crippen LogP) is 0.103. The van der Waals surface area contributed by atoms with Crippen LogP contribution in [0.4, 0.5) is 0 Å². The summed E-state index contributed by atoms with van der Waals surface area (Å²) in [5, 5.41) is 39.7. The van der Waals surface area contributed by atoms with E-state index < -0.39 is 60.6 Å². The number of rotatable bonds is 3. The number of fused-ring (bicyclic) bond motifs is 2. The van der Waals surface area contributed by atoms with E-state index in [1.807, 2.05) is 6.92 Å². The maximum atomic E-state index is 11.4. The molecule has 0 aromatic rings. The highest BCUT2D eigenvalue weighted by atomic mass is 17.3. The molecule has 182 valence electrons. The second-order valence-corrected chi connectivity index (χ2v) is 10.1. The fraction of sp³-hybridized carbons (Fsp3) is 0.952. The molecule has 5 saturated heterocycles. The van der Waals surface area contributed by atoms with Crippen LogP contribution < -0.4 is 0 Å². The van der Waals surface area contributed by atoms with Crippen LogP contribution >= 0.6 is 0 Å². The van der Waals surface area contributed by atoms with Crippen LogP contribution in [0.15, 0.2) is 0 Å². The first-order chi connectivity index (χ1) is 15.1. The lowest BCUT2D eigenvalue weighted by Gasteiger charge is -2.60. The van der Waals surface area contributed by atoms with Gasteiger partial charge in [0.1, 0.15) is 18.3 Å². The molecule has 6 fully saturated rings. The molecule has 6 rings (SSSR count). The number of carbonyl (C=O) groups is 1. The van der Waals surface area contributed by atoms with E-state index >= 15 is 0 Å². The Hall–Kier alpha value is -0.890. The topological polar surface area (TPSA) is 153 Å². The molecular formula is C21H32O11. The van der Waals surface area contributed by atoms with Gasteiger partial charge in [-0.25, -0.2) is 14.6 Å². The number of aliphatic carboxylic acids is 1. The van der Waals surface area contributed by atoms with E-state index in [0.717, 1.165) is 19.3 Å². The summed E-state index contributed by atoms with van der Waals surface area (Å²) in [5.74, 6) is -2.14. The van der Waals surface area contributed by atoms with Gasteiger partial charge in [-0.15, -0.1) is 0 Å². The van der Waals surface area contributed by atoms with E-state index in [1.54, 1.807) is 6.92 Å². The van der Waals surface area contributed by atoms with Gasteiger partial charge in [0, 0.05) is 18.3 Å². The van der Waals surface area contributed by atoms with Gasteiger partial charge >= 0.3 is 5.97 Å². The van der Waals surface area contributed by atoms with E-state index in [0.29, 0.717) is 12.3 Å². The van der Waals surface area contributed by atoms with E-state index in [1.165, 1.54) is 0 Å². The lowest BCUT2D eigenvalue weighted by Crippen LogP contribution is -2.71. The number of ether oxygens (including phenoxy) is 4. The molecule has 0 aromatic carbocycles. The van der Waals surface area contributed by atoms with Crippen molar-refractivity contribution >= 4 is 5.97 Å². The summed E-state index contributed by atoms with van der Waals surface area (Å²) in [6.07, 6.45) is -6.80. The summed E-state index contributed by atoms with van der Waals surface area (Å²) in [6, 6.07) is 0. The second-order valence-electron chi connectivity index (χ2n) is 10.1. The average Bonchev–Trinajstić information content (AvgIpc) is 2.97. The number of aliphatic hydroxyl groups is 3. The zero-order valence-electron chi connectivity index (χ0n) is 18.3. The monoisotopic (exact) mass is 460 g/mol. The van der Waals surface area contributed by atoms with Gasteiger partial charge in [0.05, 0.1) is 0 Å². The molecule has 11 heteroatoms. The predicted molar refractivity (Wildman–Crippen MR) is 102 cm³/mol. The van der Waals surface area contributed by atoms with Crippen LogP contribution in [0.3, 0.4) is 0 Å². The lowest BCUT2D eigenvalue weighted by atomic mass is 9.58. The van der Waals surface area contributed by atoms with Gasteiger partial charge in [-0.2, -0.15) is 0 Å². The van der Waals surface area contributed by atoms with Crippen LogP contribution in [-0.4, -0.2) is 81.1 Å². The van der Waals surface area contributed by atoms with E-state index in [9.17, 15) is 25.2 Å². The van der Waals surface area contributed by atoms with E-state index in [2.05, 4.69) is 6.92 Å². The molecule has 6 aliphatic rings. The number of aliphatic hydroxyl groups excluding tert-OH is 3. The Morgan fingerprint density at radius 2 is 1.69 bits per heavy atom. The molecule has 0 unspecified atom stereocenters. The van der Waals surface area contributed by atoms with Gasteiger partial charge < -0.3 is 39.4 Å². The zero-order valence-corrected chi connectivity index (χ0v) is 18.3. The number of hydrogen-bond donors (Lipinski definition) is 4. The van der Waals surface area contributed by atoms with Crippen LogP contribution in [-0.2, 0) is 33.5 Å². The number of carboxylic acid groups (broad SMARTS) is 1. The minimum atomic E-state index is -1.79. The first kappa shape index (κ1) is 22.9. The Kier molecular flexibility index (Phi) is 5.59. The van der Waals surface area contributed by atoms with Crippen molar-refractivity contribution in [1.29, 1.82) is 0 Å². The van der Waals surface area contributed by atoms with Crippen molar-refractivity contribution in [3.05, 3.63) is 0 Å². The van der Waals surface area contributed by atoms with Crippen molar-refractivity contribution < 1.29 is 53.9 Å². The Labute approximate surface area is 185 Å². The van der Waals surface area contributed by atoms with Crippen molar-refractivity contribution in [1.82, 2.24) is 0 Å². The molecule has 5 aliphatic heterocycles. The standard InChI is InChI=1S/C21H32O11/c1-8-4-5-11-9(2)17(28-18-14(24)12(22)13(23)15(27-18)16(25)26)29-19-21(11)10(8)6-7-20(3,30-19)31-32-21/h8-15,17-19,22-24H,4-7H2,1-3H3,(H,25,26)/t8-,9-,10+,11+,12+,13+,14-,15+,17+,18+,19-,20+,21-/m1/s1. The molecular weight excluding hydrogens is 428 g/mol. The summed E-state index contributed by atoms with van der Waals surface area (Å²) in [4.78, 5) is 23.2. The van der Waals surface area contributed by atoms with E-state index in [4.69, 9.17) is 28.7 Å². The Bertz CT molecular complexity index is 749. The van der Waals surface area contributed by atoms with E-state index in [-0.39, 0.29) is 17.8 Å². The first-order valence-electron chi connectivity index (χ1n) is 11.4. The molecule has 5 heterocycles. The van der Waals surface area contributed by atoms with Gasteiger partial charge in [-0.05, 0) is 38.0 Å². The molecule has 1 aliphatic carbocycles. The third-order valence-corrected chi connectivity index (χ3v) is 8.18. The van der Waals surface area contributed by atoms with Crippen LogP contribution in [0.2, 0.25) is 0 Å². The zero-order chi connectivity index (χ0) is 23.0. The Morgan fingerprint density at radius 1 is 0.938 bits per heavy atom.